The molecule has 2 saturated heterocycles. The van der Waals surface area contributed by atoms with Crippen molar-refractivity contribution in [3.05, 3.63) is 0 Å². The van der Waals surface area contributed by atoms with E-state index in [2.05, 4.69) is 20.8 Å². The molecule has 0 bridgehead atoms. The van der Waals surface area contributed by atoms with Gasteiger partial charge in [-0.05, 0) is 38.0 Å². The first-order valence-corrected chi connectivity index (χ1v) is 8.59. The molecule has 5 heteroatoms. The van der Waals surface area contributed by atoms with Gasteiger partial charge in [0.1, 0.15) is 5.54 Å². The summed E-state index contributed by atoms with van der Waals surface area (Å²) in [5.74, 6) is 1.10. The fraction of sp³-hybridized carbons (Fsp3) is 0.941. The second kappa shape index (κ2) is 6.29. The fourth-order valence-electron chi connectivity index (χ4n) is 4.74. The lowest BCUT2D eigenvalue weighted by Gasteiger charge is -2.65. The summed E-state index contributed by atoms with van der Waals surface area (Å²) >= 11 is 0. The van der Waals surface area contributed by atoms with Crippen molar-refractivity contribution in [1.29, 1.82) is 0 Å². The topological polar surface area (TPSA) is 55.6 Å². The van der Waals surface area contributed by atoms with Crippen LogP contribution in [-0.4, -0.2) is 42.1 Å². The molecule has 2 N–H and O–H groups in total. The molecule has 3 rings (SSSR count). The van der Waals surface area contributed by atoms with Crippen molar-refractivity contribution in [3.63, 3.8) is 0 Å². The van der Waals surface area contributed by atoms with Gasteiger partial charge in [0.2, 0.25) is 5.91 Å². The van der Waals surface area contributed by atoms with Crippen LogP contribution in [0, 0.1) is 17.3 Å². The van der Waals surface area contributed by atoms with Crippen LogP contribution in [-0.2, 0) is 9.53 Å². The number of ether oxygens (including phenoxy) is 1. The molecular weight excluding hydrogens is 300 g/mol. The zero-order chi connectivity index (χ0) is 15.3. The molecule has 0 aromatic rings. The van der Waals surface area contributed by atoms with Crippen LogP contribution in [0.1, 0.15) is 52.9 Å². The summed E-state index contributed by atoms with van der Waals surface area (Å²) in [6, 6.07) is 0. The predicted octanol–water partition coefficient (Wildman–Crippen LogP) is 2.59. The van der Waals surface area contributed by atoms with E-state index in [1.165, 1.54) is 6.42 Å². The Labute approximate surface area is 140 Å². The van der Waals surface area contributed by atoms with Crippen LogP contribution in [0.25, 0.3) is 0 Å². The molecule has 0 radical (unpaired) electrons. The van der Waals surface area contributed by atoms with E-state index in [1.54, 1.807) is 0 Å². The molecule has 2 aliphatic heterocycles. The normalized spacial score (nSPS) is 40.7. The van der Waals surface area contributed by atoms with Crippen LogP contribution in [0.3, 0.4) is 0 Å². The Morgan fingerprint density at radius 3 is 2.64 bits per heavy atom. The van der Waals surface area contributed by atoms with E-state index in [0.717, 1.165) is 51.3 Å². The Hall–Kier alpha value is -0.320. The first-order chi connectivity index (χ1) is 9.89. The zero-order valence-corrected chi connectivity index (χ0v) is 15.0. The van der Waals surface area contributed by atoms with Gasteiger partial charge in [0.25, 0.3) is 0 Å². The van der Waals surface area contributed by atoms with Gasteiger partial charge in [0, 0.05) is 31.0 Å². The standard InChI is InChI=1S/C17H30N2O2.ClH/c1-12-6-4-9-19(10-8-12)15(20)17(18)13-7-5-11-21-14(13)16(17,2)3;/h12-14H,4-11,18H2,1-3H3;1H. The average Bonchev–Trinajstić information content (AvgIpc) is 2.70. The number of carbonyl (C=O) groups excluding carboxylic acids is 1. The summed E-state index contributed by atoms with van der Waals surface area (Å²) in [4.78, 5) is 15.2. The van der Waals surface area contributed by atoms with Crippen LogP contribution in [0.5, 0.6) is 0 Å². The summed E-state index contributed by atoms with van der Waals surface area (Å²) in [7, 11) is 0. The van der Waals surface area contributed by atoms with Gasteiger partial charge < -0.3 is 15.4 Å². The van der Waals surface area contributed by atoms with Crippen molar-refractivity contribution < 1.29 is 9.53 Å². The maximum absolute atomic E-state index is 13.2. The lowest BCUT2D eigenvalue weighted by atomic mass is 9.46. The van der Waals surface area contributed by atoms with Crippen LogP contribution in [0.2, 0.25) is 0 Å². The molecule has 1 aliphatic carbocycles. The number of hydrogen-bond acceptors (Lipinski definition) is 3. The SMILES string of the molecule is CC1CCCN(C(=O)C2(N)C3CCCOC3C2(C)C)CC1.Cl. The summed E-state index contributed by atoms with van der Waals surface area (Å²) in [5.41, 5.74) is 5.74. The van der Waals surface area contributed by atoms with Crippen molar-refractivity contribution in [2.75, 3.05) is 19.7 Å². The highest BCUT2D eigenvalue weighted by molar-refractivity contribution is 5.89. The van der Waals surface area contributed by atoms with Crippen LogP contribution in [0.4, 0.5) is 0 Å². The zero-order valence-electron chi connectivity index (χ0n) is 14.1. The minimum absolute atomic E-state index is 0. The smallest absolute Gasteiger partial charge is 0.243 e. The predicted molar refractivity (Wildman–Crippen MR) is 90.0 cm³/mol. The van der Waals surface area contributed by atoms with E-state index in [-0.39, 0.29) is 35.8 Å². The number of carbonyl (C=O) groups is 1. The molecule has 2 heterocycles. The second-order valence-electron chi connectivity index (χ2n) is 7.96. The summed E-state index contributed by atoms with van der Waals surface area (Å²) in [6.07, 6.45) is 5.65. The first kappa shape index (κ1) is 18.0. The highest BCUT2D eigenvalue weighted by Crippen LogP contribution is 2.58. The van der Waals surface area contributed by atoms with Gasteiger partial charge in [-0.3, -0.25) is 4.79 Å². The van der Waals surface area contributed by atoms with Crippen LogP contribution >= 0.6 is 12.4 Å². The first-order valence-electron chi connectivity index (χ1n) is 8.59. The molecule has 4 nitrogen and oxygen atoms in total. The van der Waals surface area contributed by atoms with Gasteiger partial charge in [0.05, 0.1) is 6.10 Å². The molecule has 22 heavy (non-hydrogen) atoms. The molecule has 3 fully saturated rings. The van der Waals surface area contributed by atoms with Gasteiger partial charge >= 0.3 is 0 Å². The molecule has 128 valence electrons. The quantitative estimate of drug-likeness (QED) is 0.804. The van der Waals surface area contributed by atoms with Gasteiger partial charge in [-0.1, -0.05) is 20.8 Å². The summed E-state index contributed by atoms with van der Waals surface area (Å²) in [6.45, 7) is 9.06. The van der Waals surface area contributed by atoms with E-state index in [0.29, 0.717) is 0 Å². The van der Waals surface area contributed by atoms with E-state index in [4.69, 9.17) is 10.5 Å². The fourth-order valence-corrected chi connectivity index (χ4v) is 4.74. The third kappa shape index (κ3) is 2.47. The van der Waals surface area contributed by atoms with Crippen molar-refractivity contribution in [1.82, 2.24) is 4.90 Å². The number of hydrogen-bond donors (Lipinski definition) is 1. The number of nitrogens with zero attached hydrogens (tertiary/aromatic N) is 1. The third-order valence-electron chi connectivity index (χ3n) is 6.34. The largest absolute Gasteiger partial charge is 0.377 e. The molecule has 0 spiro atoms. The molecule has 1 amide bonds. The number of rotatable bonds is 1. The van der Waals surface area contributed by atoms with Crippen molar-refractivity contribution >= 4 is 18.3 Å². The number of likely N-dealkylation sites (tertiary alicyclic amines) is 1. The third-order valence-corrected chi connectivity index (χ3v) is 6.34. The Bertz CT molecular complexity index is 429. The van der Waals surface area contributed by atoms with E-state index >= 15 is 0 Å². The molecular formula is C17H31ClN2O2. The molecule has 3 aliphatic rings. The number of halogens is 1. The second-order valence-corrected chi connectivity index (χ2v) is 7.96. The number of nitrogens with two attached hydrogens (primary N) is 1. The van der Waals surface area contributed by atoms with Crippen molar-refractivity contribution in [3.8, 4) is 0 Å². The van der Waals surface area contributed by atoms with E-state index < -0.39 is 5.54 Å². The van der Waals surface area contributed by atoms with Gasteiger partial charge in [-0.25, -0.2) is 0 Å². The maximum Gasteiger partial charge on any atom is 0.243 e. The Morgan fingerprint density at radius 1 is 1.18 bits per heavy atom. The van der Waals surface area contributed by atoms with Crippen LogP contribution < -0.4 is 5.73 Å². The molecule has 4 atom stereocenters. The Morgan fingerprint density at radius 2 is 1.91 bits per heavy atom. The molecule has 1 saturated carbocycles. The number of fused-ring (bicyclic) bond motifs is 1. The van der Waals surface area contributed by atoms with Crippen molar-refractivity contribution in [2.45, 2.75) is 64.5 Å². The monoisotopic (exact) mass is 330 g/mol. The van der Waals surface area contributed by atoms with Crippen molar-refractivity contribution in [2.24, 2.45) is 23.0 Å². The highest BCUT2D eigenvalue weighted by atomic mass is 35.5. The van der Waals surface area contributed by atoms with Gasteiger partial charge in [-0.2, -0.15) is 0 Å². The highest BCUT2D eigenvalue weighted by Gasteiger charge is 2.70. The van der Waals surface area contributed by atoms with E-state index in [1.807, 2.05) is 4.90 Å². The van der Waals surface area contributed by atoms with Crippen LogP contribution in [0.15, 0.2) is 0 Å². The Kier molecular flexibility index (Phi) is 5.15. The molecule has 0 aromatic carbocycles. The van der Waals surface area contributed by atoms with E-state index in [9.17, 15) is 4.79 Å². The van der Waals surface area contributed by atoms with Gasteiger partial charge in [-0.15, -0.1) is 12.4 Å². The minimum Gasteiger partial charge on any atom is -0.377 e. The summed E-state index contributed by atoms with van der Waals surface area (Å²) in [5, 5.41) is 0. The minimum atomic E-state index is -0.730. The Balaban J connectivity index is 0.00000176. The maximum atomic E-state index is 13.2. The number of amides is 1. The lowest BCUT2D eigenvalue weighted by Crippen LogP contribution is -2.82. The molecule has 4 unspecified atom stereocenters. The average molecular weight is 331 g/mol. The lowest BCUT2D eigenvalue weighted by molar-refractivity contribution is -0.230. The summed E-state index contributed by atoms with van der Waals surface area (Å²) < 4.78 is 5.92. The molecule has 0 aromatic heterocycles. The van der Waals surface area contributed by atoms with Gasteiger partial charge in [0.15, 0.2) is 0 Å².